The number of carbonyl (C=O) groups is 2. The number of rotatable bonds is 33. The topological polar surface area (TPSA) is 152 Å². The molecule has 294 valence electrons. The van der Waals surface area contributed by atoms with Crippen molar-refractivity contribution >= 4 is 11.9 Å². The number of unbranched alkanes of at least 4 members (excludes halogenated alkanes) is 20. The first kappa shape index (κ1) is 46.5. The predicted octanol–water partition coefficient (Wildman–Crippen LogP) is 7.61. The van der Waals surface area contributed by atoms with Gasteiger partial charge >= 0.3 is 11.9 Å². The van der Waals surface area contributed by atoms with Gasteiger partial charge in [-0.15, -0.1) is 0 Å². The van der Waals surface area contributed by atoms with Gasteiger partial charge in [0.1, 0.15) is 31.0 Å². The Morgan fingerprint density at radius 1 is 0.600 bits per heavy atom. The lowest BCUT2D eigenvalue weighted by Gasteiger charge is -2.39. The summed E-state index contributed by atoms with van der Waals surface area (Å²) in [6.07, 6.45) is 23.8. The minimum Gasteiger partial charge on any atom is -0.462 e. The molecule has 0 aromatic heterocycles. The Morgan fingerprint density at radius 2 is 1.06 bits per heavy atom. The van der Waals surface area contributed by atoms with Gasteiger partial charge in [0, 0.05) is 12.8 Å². The highest BCUT2D eigenvalue weighted by molar-refractivity contribution is 5.70. The molecule has 0 aromatic rings. The zero-order valence-electron chi connectivity index (χ0n) is 31.7. The molecule has 1 rings (SSSR count). The van der Waals surface area contributed by atoms with Crippen LogP contribution in [-0.4, -0.2) is 89.0 Å². The Balaban J connectivity index is 2.34. The normalized spacial score (nSPS) is 21.4. The number of ether oxygens (including phenoxy) is 4. The van der Waals surface area contributed by atoms with Crippen molar-refractivity contribution in [2.75, 3.05) is 19.8 Å². The SMILES string of the molecule is CCCCCCCC/C=C/CCCCCCCCCC(=O)O[C@H](COC(=O)CCCCCCCCCC)CO[C@@H]1O[C@H](CO)[C@H](O)C(O)C1O. The van der Waals surface area contributed by atoms with Crippen LogP contribution in [0.5, 0.6) is 0 Å². The zero-order chi connectivity index (χ0) is 36.7. The maximum atomic E-state index is 12.7. The molecule has 0 saturated carbocycles. The third-order valence-electron chi connectivity index (χ3n) is 9.40. The molecular weight excluding hydrogens is 640 g/mol. The average Bonchev–Trinajstić information content (AvgIpc) is 3.11. The van der Waals surface area contributed by atoms with Crippen LogP contribution in [0.2, 0.25) is 0 Å². The monoisotopic (exact) mass is 715 g/mol. The largest absolute Gasteiger partial charge is 0.462 e. The molecule has 1 aliphatic heterocycles. The second-order valence-corrected chi connectivity index (χ2v) is 14.1. The van der Waals surface area contributed by atoms with Gasteiger partial charge in [0.25, 0.3) is 0 Å². The first-order chi connectivity index (χ1) is 24.3. The molecule has 1 heterocycles. The Morgan fingerprint density at radius 3 is 1.56 bits per heavy atom. The quantitative estimate of drug-likeness (QED) is 0.0304. The van der Waals surface area contributed by atoms with Crippen LogP contribution in [0, 0.1) is 0 Å². The molecule has 6 atom stereocenters. The van der Waals surface area contributed by atoms with Crippen LogP contribution in [0.1, 0.15) is 174 Å². The van der Waals surface area contributed by atoms with Gasteiger partial charge in [-0.05, 0) is 38.5 Å². The van der Waals surface area contributed by atoms with E-state index in [-0.39, 0.29) is 32.0 Å². The summed E-state index contributed by atoms with van der Waals surface area (Å²) in [5.74, 6) is -0.812. The standard InChI is InChI=1S/C40H74O10/c1-3-5-7-9-11-13-14-15-16-17-18-19-20-21-23-25-27-29-36(43)49-33(31-47-35(42)28-26-24-22-12-10-8-6-4-2)32-48-40-39(46)38(45)37(44)34(30-41)50-40/h15-16,33-34,37-41,44-46H,3-14,17-32H2,1-2H3/b16-15+/t33-,34-,37+,38?,39?,40-/m1/s1. The van der Waals surface area contributed by atoms with Crippen LogP contribution < -0.4 is 0 Å². The number of esters is 2. The number of carbonyl (C=O) groups excluding carboxylic acids is 2. The van der Waals surface area contributed by atoms with Gasteiger partial charge in [-0.2, -0.15) is 0 Å². The molecule has 0 radical (unpaired) electrons. The molecule has 0 aliphatic carbocycles. The smallest absolute Gasteiger partial charge is 0.306 e. The minimum absolute atomic E-state index is 0.215. The molecule has 50 heavy (non-hydrogen) atoms. The van der Waals surface area contributed by atoms with Crippen LogP contribution in [0.15, 0.2) is 12.2 Å². The molecule has 1 aliphatic rings. The molecule has 0 spiro atoms. The summed E-state index contributed by atoms with van der Waals surface area (Å²) in [7, 11) is 0. The van der Waals surface area contributed by atoms with Crippen molar-refractivity contribution < 1.29 is 49.0 Å². The van der Waals surface area contributed by atoms with E-state index in [9.17, 15) is 30.0 Å². The molecule has 10 heteroatoms. The highest BCUT2D eigenvalue weighted by Gasteiger charge is 2.44. The van der Waals surface area contributed by atoms with Crippen LogP contribution in [-0.2, 0) is 28.5 Å². The van der Waals surface area contributed by atoms with Crippen molar-refractivity contribution in [3.63, 3.8) is 0 Å². The number of allylic oxidation sites excluding steroid dienone is 2. The summed E-state index contributed by atoms with van der Waals surface area (Å²) >= 11 is 0. The summed E-state index contributed by atoms with van der Waals surface area (Å²) in [5.41, 5.74) is 0. The summed E-state index contributed by atoms with van der Waals surface area (Å²) < 4.78 is 22.0. The molecule has 0 bridgehead atoms. The molecule has 0 amide bonds. The van der Waals surface area contributed by atoms with E-state index in [1.54, 1.807) is 0 Å². The molecule has 1 fully saturated rings. The van der Waals surface area contributed by atoms with E-state index in [1.165, 1.54) is 96.3 Å². The lowest BCUT2D eigenvalue weighted by Crippen LogP contribution is -2.59. The number of hydrogen-bond acceptors (Lipinski definition) is 10. The van der Waals surface area contributed by atoms with Gasteiger partial charge in [0.05, 0.1) is 13.2 Å². The third-order valence-corrected chi connectivity index (χ3v) is 9.40. The van der Waals surface area contributed by atoms with Crippen molar-refractivity contribution in [2.24, 2.45) is 0 Å². The first-order valence-corrected chi connectivity index (χ1v) is 20.3. The van der Waals surface area contributed by atoms with Gasteiger partial charge < -0.3 is 39.4 Å². The van der Waals surface area contributed by atoms with Crippen LogP contribution >= 0.6 is 0 Å². The van der Waals surface area contributed by atoms with Crippen LogP contribution in [0.25, 0.3) is 0 Å². The maximum Gasteiger partial charge on any atom is 0.306 e. The van der Waals surface area contributed by atoms with Gasteiger partial charge in [0.15, 0.2) is 12.4 Å². The number of aliphatic hydroxyl groups excluding tert-OH is 4. The highest BCUT2D eigenvalue weighted by Crippen LogP contribution is 2.22. The maximum absolute atomic E-state index is 12.7. The van der Waals surface area contributed by atoms with E-state index < -0.39 is 49.4 Å². The van der Waals surface area contributed by atoms with E-state index in [0.717, 1.165) is 44.9 Å². The van der Waals surface area contributed by atoms with Gasteiger partial charge in [-0.25, -0.2) is 0 Å². The number of aliphatic hydroxyl groups is 4. The first-order valence-electron chi connectivity index (χ1n) is 20.3. The fourth-order valence-corrected chi connectivity index (χ4v) is 6.12. The predicted molar refractivity (Wildman–Crippen MR) is 196 cm³/mol. The lowest BCUT2D eigenvalue weighted by molar-refractivity contribution is -0.305. The van der Waals surface area contributed by atoms with Crippen molar-refractivity contribution in [3.05, 3.63) is 12.2 Å². The molecule has 1 saturated heterocycles. The van der Waals surface area contributed by atoms with Crippen molar-refractivity contribution in [2.45, 2.75) is 211 Å². The Hall–Kier alpha value is -1.56. The van der Waals surface area contributed by atoms with Crippen molar-refractivity contribution in [1.82, 2.24) is 0 Å². The number of hydrogen-bond donors (Lipinski definition) is 4. The summed E-state index contributed by atoms with van der Waals surface area (Å²) in [5, 5.41) is 39.9. The third kappa shape index (κ3) is 23.8. The van der Waals surface area contributed by atoms with Crippen LogP contribution in [0.4, 0.5) is 0 Å². The van der Waals surface area contributed by atoms with E-state index in [4.69, 9.17) is 18.9 Å². The molecular formula is C40H74O10. The molecule has 10 nitrogen and oxygen atoms in total. The van der Waals surface area contributed by atoms with Gasteiger partial charge in [-0.1, -0.05) is 135 Å². The Kier molecular flexibility index (Phi) is 29.8. The Labute approximate surface area is 303 Å². The molecule has 0 aromatic carbocycles. The van der Waals surface area contributed by atoms with Crippen molar-refractivity contribution in [3.8, 4) is 0 Å². The second kappa shape index (κ2) is 32.1. The summed E-state index contributed by atoms with van der Waals surface area (Å²) in [6.45, 7) is 3.37. The van der Waals surface area contributed by atoms with Crippen LogP contribution in [0.3, 0.4) is 0 Å². The fourth-order valence-electron chi connectivity index (χ4n) is 6.12. The fraction of sp³-hybridized carbons (Fsp3) is 0.900. The Bertz CT molecular complexity index is 835. The minimum atomic E-state index is -1.59. The van der Waals surface area contributed by atoms with E-state index in [0.29, 0.717) is 6.42 Å². The molecule has 4 N–H and O–H groups in total. The average molecular weight is 715 g/mol. The van der Waals surface area contributed by atoms with E-state index >= 15 is 0 Å². The highest BCUT2D eigenvalue weighted by atomic mass is 16.7. The van der Waals surface area contributed by atoms with Crippen molar-refractivity contribution in [1.29, 1.82) is 0 Å². The molecule has 2 unspecified atom stereocenters. The lowest BCUT2D eigenvalue weighted by atomic mass is 9.99. The van der Waals surface area contributed by atoms with Gasteiger partial charge in [0.2, 0.25) is 0 Å². The van der Waals surface area contributed by atoms with Gasteiger partial charge in [-0.3, -0.25) is 9.59 Å². The summed E-state index contributed by atoms with van der Waals surface area (Å²) in [4.78, 5) is 25.1. The van der Waals surface area contributed by atoms with E-state index in [1.807, 2.05) is 0 Å². The summed E-state index contributed by atoms with van der Waals surface area (Å²) in [6, 6.07) is 0. The van der Waals surface area contributed by atoms with E-state index in [2.05, 4.69) is 26.0 Å². The second-order valence-electron chi connectivity index (χ2n) is 14.1. The zero-order valence-corrected chi connectivity index (χ0v) is 31.7.